The van der Waals surface area contributed by atoms with Gasteiger partial charge in [-0.2, -0.15) is 0 Å². The first kappa shape index (κ1) is 12.7. The van der Waals surface area contributed by atoms with Crippen molar-refractivity contribution >= 4 is 11.1 Å². The van der Waals surface area contributed by atoms with Crippen molar-refractivity contribution in [2.24, 2.45) is 0 Å². The van der Waals surface area contributed by atoms with Gasteiger partial charge in [-0.05, 0) is 23.2 Å². The van der Waals surface area contributed by atoms with Crippen LogP contribution in [0.25, 0.3) is 0 Å². The van der Waals surface area contributed by atoms with Crippen LogP contribution in [-0.2, 0) is 11.1 Å². The summed E-state index contributed by atoms with van der Waals surface area (Å²) in [6, 6.07) is 2.29. The van der Waals surface area contributed by atoms with E-state index in [2.05, 4.69) is 4.98 Å². The zero-order valence-electron chi connectivity index (χ0n) is 6.74. The largest absolute Gasteiger partial charge is 1.00 e. The van der Waals surface area contributed by atoms with Crippen molar-refractivity contribution in [1.82, 2.24) is 4.98 Å². The zero-order chi connectivity index (χ0) is 9.14. The summed E-state index contributed by atoms with van der Waals surface area (Å²) in [5.74, 6) is 0. The topological polar surface area (TPSA) is 53.0 Å². The first-order valence-electron chi connectivity index (χ1n) is 2.95. The zero-order valence-corrected chi connectivity index (χ0v) is 7.55. The molecule has 0 aliphatic rings. The van der Waals surface area contributed by atoms with Gasteiger partial charge in [-0.15, -0.1) is 0 Å². The molecule has 0 saturated carbocycles. The summed E-state index contributed by atoms with van der Waals surface area (Å²) in [7, 11) is 0. The van der Waals surface area contributed by atoms with E-state index >= 15 is 0 Å². The summed E-state index contributed by atoms with van der Waals surface area (Å²) < 4.78 is 44.8. The molecule has 0 amide bonds. The van der Waals surface area contributed by atoms with Crippen molar-refractivity contribution in [2.45, 2.75) is 11.5 Å². The summed E-state index contributed by atoms with van der Waals surface area (Å²) in [5, 5.41) is -0.590. The van der Waals surface area contributed by atoms with Crippen LogP contribution in [0.4, 0.5) is 8.78 Å². The van der Waals surface area contributed by atoms with E-state index in [1.54, 1.807) is 0 Å². The summed E-state index contributed by atoms with van der Waals surface area (Å²) >= 11 is -2.70. The molecule has 7 heteroatoms. The molecule has 0 bridgehead atoms. The summed E-state index contributed by atoms with van der Waals surface area (Å²) in [5.41, 5.74) is -0.564. The number of halogens is 2. The Balaban J connectivity index is 0.00000144. The standard InChI is InChI=1S/C6H5F2NO2S.Li/c7-5(8)4-2-1-3-9-6(4)12(10)11;/h1-3,5H,(H,10,11);/q;+1/p-1. The Bertz CT molecular complexity index is 310. The summed E-state index contributed by atoms with van der Waals surface area (Å²) in [6.07, 6.45) is -1.66. The quantitative estimate of drug-likeness (QED) is 0.419. The minimum absolute atomic E-state index is 0. The van der Waals surface area contributed by atoms with Crippen molar-refractivity contribution < 1.29 is 36.4 Å². The molecule has 1 unspecified atom stereocenters. The maximum absolute atomic E-state index is 12.1. The molecule has 0 radical (unpaired) electrons. The third kappa shape index (κ3) is 3.16. The average Bonchev–Trinajstić information content (AvgIpc) is 2.04. The van der Waals surface area contributed by atoms with Gasteiger partial charge in [0, 0.05) is 6.20 Å². The van der Waals surface area contributed by atoms with E-state index in [4.69, 9.17) is 0 Å². The van der Waals surface area contributed by atoms with Crippen LogP contribution in [0.1, 0.15) is 12.0 Å². The second kappa shape index (κ2) is 5.45. The van der Waals surface area contributed by atoms with Gasteiger partial charge in [0.25, 0.3) is 6.43 Å². The molecule has 1 rings (SSSR count). The van der Waals surface area contributed by atoms with E-state index in [1.807, 2.05) is 0 Å². The first-order chi connectivity index (χ1) is 5.63. The predicted molar refractivity (Wildman–Crippen MR) is 36.4 cm³/mol. The number of alkyl halides is 2. The Morgan fingerprint density at radius 3 is 2.54 bits per heavy atom. The fourth-order valence-electron chi connectivity index (χ4n) is 0.709. The van der Waals surface area contributed by atoms with Crippen LogP contribution in [0.5, 0.6) is 0 Å². The van der Waals surface area contributed by atoms with E-state index in [-0.39, 0.29) is 18.9 Å². The van der Waals surface area contributed by atoms with Crippen LogP contribution >= 0.6 is 0 Å². The van der Waals surface area contributed by atoms with E-state index in [0.29, 0.717) is 0 Å². The molecule has 0 saturated heterocycles. The molecule has 0 N–H and O–H groups in total. The van der Waals surface area contributed by atoms with Crippen LogP contribution in [-0.4, -0.2) is 13.7 Å². The van der Waals surface area contributed by atoms with Crippen molar-refractivity contribution in [3.63, 3.8) is 0 Å². The van der Waals surface area contributed by atoms with Crippen molar-refractivity contribution in [2.75, 3.05) is 0 Å². The molecule has 0 spiro atoms. The summed E-state index contributed by atoms with van der Waals surface area (Å²) in [6.45, 7) is 0. The molecule has 1 aromatic rings. The number of pyridine rings is 1. The Labute approximate surface area is 88.0 Å². The van der Waals surface area contributed by atoms with Crippen LogP contribution in [0.2, 0.25) is 0 Å². The molecule has 3 nitrogen and oxygen atoms in total. The van der Waals surface area contributed by atoms with Gasteiger partial charge in [-0.3, -0.25) is 4.21 Å². The van der Waals surface area contributed by atoms with Gasteiger partial charge in [0.2, 0.25) is 0 Å². The second-order valence-electron chi connectivity index (χ2n) is 1.93. The van der Waals surface area contributed by atoms with E-state index in [1.165, 1.54) is 6.07 Å². The van der Waals surface area contributed by atoms with Gasteiger partial charge < -0.3 is 4.55 Å². The third-order valence-corrected chi connectivity index (χ3v) is 1.85. The molecular formula is C6H4F2LiNO2S. The van der Waals surface area contributed by atoms with Gasteiger partial charge in [0.05, 0.1) is 5.56 Å². The molecule has 0 aromatic carbocycles. The van der Waals surface area contributed by atoms with Crippen LogP contribution in [0.15, 0.2) is 23.4 Å². The van der Waals surface area contributed by atoms with Gasteiger partial charge in [-0.1, -0.05) is 0 Å². The molecule has 1 heterocycles. The maximum Gasteiger partial charge on any atom is 1.00 e. The molecule has 0 fully saturated rings. The second-order valence-corrected chi connectivity index (χ2v) is 2.79. The van der Waals surface area contributed by atoms with Crippen LogP contribution in [0, 0.1) is 0 Å². The Hall–Kier alpha value is -0.283. The number of nitrogens with zero attached hydrogens (tertiary/aromatic N) is 1. The number of hydrogen-bond donors (Lipinski definition) is 0. The third-order valence-electron chi connectivity index (χ3n) is 1.19. The van der Waals surface area contributed by atoms with Crippen molar-refractivity contribution in [3.05, 3.63) is 23.9 Å². The number of hydrogen-bond acceptors (Lipinski definition) is 3. The normalized spacial score (nSPS) is 12.3. The monoisotopic (exact) mass is 199 g/mol. The average molecular weight is 199 g/mol. The number of aromatic nitrogens is 1. The smallest absolute Gasteiger partial charge is 0.767 e. The SMILES string of the molecule is O=S([O-])c1ncccc1C(F)F.[Li+]. The van der Waals surface area contributed by atoms with Gasteiger partial charge in [0.1, 0.15) is 5.03 Å². The van der Waals surface area contributed by atoms with E-state index < -0.39 is 28.1 Å². The van der Waals surface area contributed by atoms with Gasteiger partial charge in [0.15, 0.2) is 0 Å². The van der Waals surface area contributed by atoms with Crippen LogP contribution in [0.3, 0.4) is 0 Å². The number of rotatable bonds is 2. The molecule has 66 valence electrons. The fourth-order valence-corrected chi connectivity index (χ4v) is 1.21. The maximum atomic E-state index is 12.1. The molecule has 13 heavy (non-hydrogen) atoms. The van der Waals surface area contributed by atoms with Gasteiger partial charge >= 0.3 is 18.9 Å². The van der Waals surface area contributed by atoms with Crippen LogP contribution < -0.4 is 18.9 Å². The Kier molecular flexibility index (Phi) is 5.33. The van der Waals surface area contributed by atoms with E-state index in [9.17, 15) is 17.5 Å². The van der Waals surface area contributed by atoms with Crippen molar-refractivity contribution in [1.29, 1.82) is 0 Å². The molecule has 1 atom stereocenters. The first-order valence-corrected chi connectivity index (χ1v) is 4.02. The summed E-state index contributed by atoms with van der Waals surface area (Å²) in [4.78, 5) is 3.31. The van der Waals surface area contributed by atoms with E-state index in [0.717, 1.165) is 12.3 Å². The Morgan fingerprint density at radius 1 is 1.54 bits per heavy atom. The van der Waals surface area contributed by atoms with Crippen molar-refractivity contribution in [3.8, 4) is 0 Å². The molecule has 0 aliphatic carbocycles. The molecule has 1 aromatic heterocycles. The van der Waals surface area contributed by atoms with Gasteiger partial charge in [-0.25, -0.2) is 13.8 Å². The minimum Gasteiger partial charge on any atom is -0.767 e. The Morgan fingerprint density at radius 2 is 2.15 bits per heavy atom. The molecule has 0 aliphatic heterocycles. The molecular weight excluding hydrogens is 195 g/mol. The predicted octanol–water partition coefficient (Wildman–Crippen LogP) is -1.74. The minimum atomic E-state index is -2.81. The fraction of sp³-hybridized carbons (Fsp3) is 0.167.